The minimum absolute atomic E-state index is 0.181. The summed E-state index contributed by atoms with van der Waals surface area (Å²) >= 11 is 0. The number of piperidine rings is 1. The second kappa shape index (κ2) is 4.79. The summed E-state index contributed by atoms with van der Waals surface area (Å²) in [5, 5.41) is 9.02. The van der Waals surface area contributed by atoms with Crippen molar-refractivity contribution in [2.24, 2.45) is 11.3 Å². The molecule has 1 saturated heterocycles. The number of rotatable bonds is 3. The number of hydrogen-bond acceptors (Lipinski definition) is 2. The fourth-order valence-electron chi connectivity index (χ4n) is 2.28. The van der Waals surface area contributed by atoms with E-state index in [0.717, 1.165) is 19.5 Å². The largest absolute Gasteiger partial charge is 0.303 e. The average Bonchev–Trinajstić information content (AvgIpc) is 2.13. The first-order chi connectivity index (χ1) is 6.60. The van der Waals surface area contributed by atoms with Gasteiger partial charge in [-0.2, -0.15) is 5.26 Å². The van der Waals surface area contributed by atoms with E-state index in [1.165, 1.54) is 19.4 Å². The molecule has 0 saturated carbocycles. The predicted molar refractivity (Wildman–Crippen MR) is 58.8 cm³/mol. The zero-order valence-corrected chi connectivity index (χ0v) is 9.71. The van der Waals surface area contributed by atoms with Crippen molar-refractivity contribution in [3.8, 4) is 6.07 Å². The molecule has 0 aromatic rings. The van der Waals surface area contributed by atoms with Crippen LogP contribution in [0.5, 0.6) is 0 Å². The lowest BCUT2D eigenvalue weighted by atomic mass is 9.75. The molecule has 0 N–H and O–H groups in total. The molecule has 80 valence electrons. The zero-order valence-electron chi connectivity index (χ0n) is 9.71. The van der Waals surface area contributed by atoms with Crippen LogP contribution in [0.4, 0.5) is 0 Å². The minimum Gasteiger partial charge on any atom is -0.303 e. The Kier molecular flexibility index (Phi) is 3.95. The fourth-order valence-corrected chi connectivity index (χ4v) is 2.28. The monoisotopic (exact) mass is 194 g/mol. The smallest absolute Gasteiger partial charge is 0.0662 e. The van der Waals surface area contributed by atoms with E-state index in [4.69, 9.17) is 5.26 Å². The van der Waals surface area contributed by atoms with Gasteiger partial charge in [0, 0.05) is 6.54 Å². The van der Waals surface area contributed by atoms with Gasteiger partial charge in [-0.1, -0.05) is 27.2 Å². The van der Waals surface area contributed by atoms with Gasteiger partial charge in [0.05, 0.1) is 12.0 Å². The van der Waals surface area contributed by atoms with E-state index < -0.39 is 0 Å². The quantitative estimate of drug-likeness (QED) is 0.690. The van der Waals surface area contributed by atoms with Crippen LogP contribution >= 0.6 is 0 Å². The maximum absolute atomic E-state index is 9.02. The SMILES string of the molecule is CCCCN1CCC(C#N)C(C)(C)C1. The van der Waals surface area contributed by atoms with Crippen molar-refractivity contribution < 1.29 is 0 Å². The Labute approximate surface area is 87.9 Å². The highest BCUT2D eigenvalue weighted by Crippen LogP contribution is 2.34. The van der Waals surface area contributed by atoms with Crippen molar-refractivity contribution in [1.82, 2.24) is 4.90 Å². The molecule has 0 aliphatic carbocycles. The minimum atomic E-state index is 0.181. The van der Waals surface area contributed by atoms with Crippen molar-refractivity contribution in [2.45, 2.75) is 40.0 Å². The summed E-state index contributed by atoms with van der Waals surface area (Å²) in [5.41, 5.74) is 0.181. The lowest BCUT2D eigenvalue weighted by Crippen LogP contribution is -2.45. The molecular formula is C12H22N2. The highest BCUT2D eigenvalue weighted by Gasteiger charge is 2.35. The third-order valence-corrected chi connectivity index (χ3v) is 3.29. The molecule has 14 heavy (non-hydrogen) atoms. The van der Waals surface area contributed by atoms with Crippen LogP contribution in [0.2, 0.25) is 0 Å². The van der Waals surface area contributed by atoms with E-state index in [-0.39, 0.29) is 11.3 Å². The summed E-state index contributed by atoms with van der Waals surface area (Å²) in [5.74, 6) is 0.250. The molecule has 0 radical (unpaired) electrons. The molecule has 0 amide bonds. The third-order valence-electron chi connectivity index (χ3n) is 3.29. The van der Waals surface area contributed by atoms with Crippen LogP contribution in [0.3, 0.4) is 0 Å². The summed E-state index contributed by atoms with van der Waals surface area (Å²) in [6.07, 6.45) is 3.60. The van der Waals surface area contributed by atoms with Crippen molar-refractivity contribution in [2.75, 3.05) is 19.6 Å². The Morgan fingerprint density at radius 2 is 2.21 bits per heavy atom. The van der Waals surface area contributed by atoms with E-state index in [0.29, 0.717) is 0 Å². The van der Waals surface area contributed by atoms with Gasteiger partial charge in [-0.05, 0) is 31.3 Å². The van der Waals surface area contributed by atoms with E-state index >= 15 is 0 Å². The summed E-state index contributed by atoms with van der Waals surface area (Å²) < 4.78 is 0. The second-order valence-corrected chi connectivity index (χ2v) is 5.09. The van der Waals surface area contributed by atoms with Crippen molar-refractivity contribution in [3.05, 3.63) is 0 Å². The van der Waals surface area contributed by atoms with Crippen molar-refractivity contribution in [3.63, 3.8) is 0 Å². The van der Waals surface area contributed by atoms with Crippen LogP contribution in [0, 0.1) is 22.7 Å². The summed E-state index contributed by atoms with van der Waals surface area (Å²) in [6, 6.07) is 2.44. The van der Waals surface area contributed by atoms with Gasteiger partial charge in [0.1, 0.15) is 0 Å². The van der Waals surface area contributed by atoms with Crippen LogP contribution in [-0.2, 0) is 0 Å². The molecule has 2 nitrogen and oxygen atoms in total. The predicted octanol–water partition coefficient (Wildman–Crippen LogP) is 2.66. The second-order valence-electron chi connectivity index (χ2n) is 5.09. The molecule has 1 aliphatic rings. The Bertz CT molecular complexity index is 215. The molecule has 1 rings (SSSR count). The highest BCUT2D eigenvalue weighted by atomic mass is 15.1. The Hall–Kier alpha value is -0.550. The molecule has 1 fully saturated rings. The van der Waals surface area contributed by atoms with Crippen LogP contribution in [0.15, 0.2) is 0 Å². The first-order valence-corrected chi connectivity index (χ1v) is 5.72. The van der Waals surface area contributed by atoms with Crippen molar-refractivity contribution >= 4 is 0 Å². The van der Waals surface area contributed by atoms with Gasteiger partial charge < -0.3 is 4.90 Å². The highest BCUT2D eigenvalue weighted by molar-refractivity contribution is 4.98. The molecule has 0 aromatic carbocycles. The number of unbranched alkanes of at least 4 members (excludes halogenated alkanes) is 1. The fraction of sp³-hybridized carbons (Fsp3) is 0.917. The molecule has 0 aromatic heterocycles. The van der Waals surface area contributed by atoms with Gasteiger partial charge in [0.25, 0.3) is 0 Å². The van der Waals surface area contributed by atoms with Crippen LogP contribution in [0.1, 0.15) is 40.0 Å². The van der Waals surface area contributed by atoms with Gasteiger partial charge in [0.2, 0.25) is 0 Å². The Balaban J connectivity index is 2.46. The maximum Gasteiger partial charge on any atom is 0.0662 e. The average molecular weight is 194 g/mol. The number of nitrogens with zero attached hydrogens (tertiary/aromatic N) is 2. The van der Waals surface area contributed by atoms with Crippen LogP contribution < -0.4 is 0 Å². The zero-order chi connectivity index (χ0) is 10.6. The van der Waals surface area contributed by atoms with E-state index in [1.54, 1.807) is 0 Å². The summed E-state index contributed by atoms with van der Waals surface area (Å²) in [6.45, 7) is 10.1. The third kappa shape index (κ3) is 2.72. The lowest BCUT2D eigenvalue weighted by Gasteiger charge is -2.41. The molecule has 1 heterocycles. The normalized spacial score (nSPS) is 27.1. The van der Waals surface area contributed by atoms with Crippen LogP contribution in [0.25, 0.3) is 0 Å². The number of nitriles is 1. The molecule has 0 spiro atoms. The molecule has 1 unspecified atom stereocenters. The molecule has 0 bridgehead atoms. The van der Waals surface area contributed by atoms with Gasteiger partial charge in [-0.3, -0.25) is 0 Å². The van der Waals surface area contributed by atoms with E-state index in [2.05, 4.69) is 31.7 Å². The molecule has 1 atom stereocenters. The number of likely N-dealkylation sites (tertiary alicyclic amines) is 1. The summed E-state index contributed by atoms with van der Waals surface area (Å²) in [4.78, 5) is 2.51. The van der Waals surface area contributed by atoms with Gasteiger partial charge in [-0.25, -0.2) is 0 Å². The Morgan fingerprint density at radius 3 is 2.71 bits per heavy atom. The van der Waals surface area contributed by atoms with Crippen LogP contribution in [-0.4, -0.2) is 24.5 Å². The lowest BCUT2D eigenvalue weighted by molar-refractivity contribution is 0.0814. The standard InChI is InChI=1S/C12H22N2/c1-4-5-7-14-8-6-11(9-13)12(2,3)10-14/h11H,4-8,10H2,1-3H3. The van der Waals surface area contributed by atoms with E-state index in [9.17, 15) is 0 Å². The maximum atomic E-state index is 9.02. The number of hydrogen-bond donors (Lipinski definition) is 0. The molecule has 1 aliphatic heterocycles. The van der Waals surface area contributed by atoms with Gasteiger partial charge in [-0.15, -0.1) is 0 Å². The summed E-state index contributed by atoms with van der Waals surface area (Å²) in [7, 11) is 0. The Morgan fingerprint density at radius 1 is 1.50 bits per heavy atom. The van der Waals surface area contributed by atoms with Crippen molar-refractivity contribution in [1.29, 1.82) is 5.26 Å². The van der Waals surface area contributed by atoms with Gasteiger partial charge in [0.15, 0.2) is 0 Å². The van der Waals surface area contributed by atoms with Gasteiger partial charge >= 0.3 is 0 Å². The first-order valence-electron chi connectivity index (χ1n) is 5.72. The topological polar surface area (TPSA) is 27.0 Å². The van der Waals surface area contributed by atoms with E-state index in [1.807, 2.05) is 0 Å². The molecular weight excluding hydrogens is 172 g/mol. The molecule has 2 heteroatoms. The first kappa shape index (κ1) is 11.5.